The summed E-state index contributed by atoms with van der Waals surface area (Å²) in [7, 11) is 4.10. The van der Waals surface area contributed by atoms with E-state index in [2.05, 4.69) is 48.7 Å². The minimum absolute atomic E-state index is 0.0389. The van der Waals surface area contributed by atoms with Crippen LogP contribution in [0.15, 0.2) is 43.5 Å². The van der Waals surface area contributed by atoms with Crippen molar-refractivity contribution in [3.8, 4) is 35.5 Å². The van der Waals surface area contributed by atoms with Crippen molar-refractivity contribution in [1.29, 1.82) is 0 Å². The van der Waals surface area contributed by atoms with Crippen LogP contribution in [0.4, 0.5) is 17.1 Å². The lowest BCUT2D eigenvalue weighted by Gasteiger charge is -2.43. The summed E-state index contributed by atoms with van der Waals surface area (Å²) in [6.07, 6.45) is 20.3. The molecular weight excluding hydrogens is 1200 g/mol. The maximum Gasteiger partial charge on any atom is 0.350 e. The molecule has 18 heteroatoms. The Morgan fingerprint density at radius 1 is 0.500 bits per heavy atom. The van der Waals surface area contributed by atoms with Gasteiger partial charge >= 0.3 is 17.9 Å². The van der Waals surface area contributed by atoms with Crippen LogP contribution in [0.5, 0.6) is 0 Å². The quantitative estimate of drug-likeness (QED) is 0.0688. The van der Waals surface area contributed by atoms with E-state index in [0.29, 0.717) is 82.1 Å². The fraction of sp³-hybridized carbons (Fsp3) is 0.611. The number of hydrogen-bond acceptors (Lipinski definition) is 15. The standard InChI is InChI=1S/2C25H33NO4S.C22H29NO4S/c2*1-6-10-21-23(27)26(20(16-30-21)17-11-8-7-9-12-17)19-15-18(13-14-25(2,3)4)31-22(19)24(28)29-5;1-22(2,3)11-10-16-12-17(20(28-16)21(25)26-4)23-18(13-27-14-19(23)24)15-8-6-5-7-9-15/h2*6,15,17,20-21H,1,7-12,16H2,2-5H3;12,15,18H,5-9,13-14H2,1-4H3/t20-,21+;20-,21-;18-/m000/s1. The number of anilines is 3. The molecule has 6 fully saturated rings. The molecule has 90 heavy (non-hydrogen) atoms. The Kier molecular flexibility index (Phi) is 25.8. The summed E-state index contributed by atoms with van der Waals surface area (Å²) in [5.74, 6) is 18.7. The number of ether oxygens (including phenoxy) is 6. The third kappa shape index (κ3) is 19.0. The Balaban J connectivity index is 0.000000192. The molecule has 9 rings (SSSR count). The molecule has 15 nitrogen and oxygen atoms in total. The number of esters is 3. The molecule has 0 spiro atoms. The van der Waals surface area contributed by atoms with E-state index >= 15 is 0 Å². The Morgan fingerprint density at radius 2 is 0.800 bits per heavy atom. The number of thiophene rings is 3. The summed E-state index contributed by atoms with van der Waals surface area (Å²) in [4.78, 5) is 86.7. The second-order valence-corrected chi connectivity index (χ2v) is 30.4. The van der Waals surface area contributed by atoms with Gasteiger partial charge in [-0.15, -0.1) is 47.2 Å². The first kappa shape index (κ1) is 71.4. The third-order valence-electron chi connectivity index (χ3n) is 16.8. The molecule has 3 aliphatic heterocycles. The van der Waals surface area contributed by atoms with E-state index in [1.165, 1.54) is 87.4 Å². The number of carbonyl (C=O) groups is 6. The van der Waals surface area contributed by atoms with Gasteiger partial charge in [-0.1, -0.05) is 105 Å². The van der Waals surface area contributed by atoms with Crippen LogP contribution in [0.3, 0.4) is 0 Å². The molecule has 6 heterocycles. The van der Waals surface area contributed by atoms with Crippen molar-refractivity contribution in [2.45, 2.75) is 202 Å². The van der Waals surface area contributed by atoms with Gasteiger partial charge in [-0.3, -0.25) is 14.4 Å². The number of hydrogen-bond donors (Lipinski definition) is 0. The molecule has 3 amide bonds. The first-order valence-electron chi connectivity index (χ1n) is 32.1. The van der Waals surface area contributed by atoms with E-state index in [1.54, 1.807) is 17.1 Å². The molecule has 3 saturated carbocycles. The van der Waals surface area contributed by atoms with E-state index in [-0.39, 0.29) is 58.7 Å². The average molecular weight is 1290 g/mol. The van der Waals surface area contributed by atoms with Gasteiger partial charge in [0.25, 0.3) is 17.7 Å². The predicted molar refractivity (Wildman–Crippen MR) is 359 cm³/mol. The van der Waals surface area contributed by atoms with Crippen molar-refractivity contribution >= 4 is 86.7 Å². The van der Waals surface area contributed by atoms with Gasteiger partial charge in [-0.25, -0.2) is 14.4 Å². The highest BCUT2D eigenvalue weighted by Crippen LogP contribution is 2.43. The summed E-state index contributed by atoms with van der Waals surface area (Å²) in [5, 5.41) is 0. The number of methoxy groups -OCH3 is 3. The molecule has 3 aromatic heterocycles. The highest BCUT2D eigenvalue weighted by Gasteiger charge is 2.45. The van der Waals surface area contributed by atoms with Crippen molar-refractivity contribution in [3.63, 3.8) is 0 Å². The van der Waals surface area contributed by atoms with E-state index < -0.39 is 30.1 Å². The van der Waals surface area contributed by atoms with Crippen LogP contribution in [-0.2, 0) is 42.8 Å². The topological polar surface area (TPSA) is 168 Å². The minimum atomic E-state index is -0.577. The third-order valence-corrected chi connectivity index (χ3v) is 19.9. The molecular formula is C72H95N3O12S3. The van der Waals surface area contributed by atoms with Crippen molar-refractivity contribution in [2.24, 2.45) is 34.0 Å². The highest BCUT2D eigenvalue weighted by molar-refractivity contribution is 7.16. The zero-order valence-corrected chi connectivity index (χ0v) is 57.7. The molecule has 3 saturated heterocycles. The van der Waals surface area contributed by atoms with Gasteiger partial charge in [0.15, 0.2) is 0 Å². The molecule has 6 aliphatic rings. The van der Waals surface area contributed by atoms with Crippen molar-refractivity contribution in [1.82, 2.24) is 0 Å². The molecule has 0 unspecified atom stereocenters. The smallest absolute Gasteiger partial charge is 0.350 e. The van der Waals surface area contributed by atoms with Gasteiger partial charge in [-0.2, -0.15) is 0 Å². The van der Waals surface area contributed by atoms with Crippen LogP contribution in [0, 0.1) is 69.5 Å². The molecule has 0 bridgehead atoms. The summed E-state index contributed by atoms with van der Waals surface area (Å²) in [6, 6.07) is 5.40. The fourth-order valence-electron chi connectivity index (χ4n) is 12.4. The average Bonchev–Trinajstić information content (AvgIpc) is 1.68. The number of rotatable bonds is 13. The Labute approximate surface area is 547 Å². The molecule has 3 aliphatic carbocycles. The molecule has 3 aromatic rings. The monoisotopic (exact) mass is 1290 g/mol. The van der Waals surface area contributed by atoms with E-state index in [1.807, 2.05) is 90.3 Å². The van der Waals surface area contributed by atoms with Crippen molar-refractivity contribution < 1.29 is 57.2 Å². The Hall–Kier alpha value is -6.04. The maximum atomic E-state index is 13.5. The summed E-state index contributed by atoms with van der Waals surface area (Å²) < 4.78 is 32.6. The van der Waals surface area contributed by atoms with Gasteiger partial charge in [0.1, 0.15) is 33.4 Å². The van der Waals surface area contributed by atoms with Crippen molar-refractivity contribution in [2.75, 3.05) is 62.5 Å². The zero-order valence-electron chi connectivity index (χ0n) is 55.2. The van der Waals surface area contributed by atoms with Crippen LogP contribution in [0.1, 0.15) is 215 Å². The van der Waals surface area contributed by atoms with Crippen LogP contribution >= 0.6 is 34.0 Å². The molecule has 488 valence electrons. The van der Waals surface area contributed by atoms with Gasteiger partial charge in [-0.05, 0) is 137 Å². The first-order valence-corrected chi connectivity index (χ1v) is 34.5. The lowest BCUT2D eigenvalue weighted by molar-refractivity contribution is -0.137. The fourth-order valence-corrected chi connectivity index (χ4v) is 15.2. The summed E-state index contributed by atoms with van der Waals surface area (Å²) in [5.41, 5.74) is 1.36. The summed E-state index contributed by atoms with van der Waals surface area (Å²) >= 11 is 3.87. The first-order chi connectivity index (χ1) is 42.8. The van der Waals surface area contributed by atoms with Gasteiger partial charge in [0.05, 0.1) is 91.0 Å². The van der Waals surface area contributed by atoms with Crippen LogP contribution in [0.2, 0.25) is 0 Å². The minimum Gasteiger partial charge on any atom is -0.465 e. The number of carbonyl (C=O) groups excluding carboxylic acids is 6. The van der Waals surface area contributed by atoms with Crippen LogP contribution in [-0.4, -0.2) is 114 Å². The van der Waals surface area contributed by atoms with Gasteiger partial charge in [0, 0.05) is 29.1 Å². The number of amides is 3. The van der Waals surface area contributed by atoms with Gasteiger partial charge < -0.3 is 43.1 Å². The van der Waals surface area contributed by atoms with Crippen LogP contribution < -0.4 is 14.7 Å². The molecule has 0 aromatic carbocycles. The number of nitrogens with zero attached hydrogens (tertiary/aromatic N) is 3. The lowest BCUT2D eigenvalue weighted by atomic mass is 9.82. The van der Waals surface area contributed by atoms with E-state index in [4.69, 9.17) is 28.4 Å². The normalized spacial score (nSPS) is 22.2. The summed E-state index contributed by atoms with van der Waals surface area (Å²) in [6.45, 7) is 27.4. The molecule has 5 atom stereocenters. The van der Waals surface area contributed by atoms with E-state index in [0.717, 1.165) is 78.8 Å². The largest absolute Gasteiger partial charge is 0.465 e. The zero-order chi connectivity index (χ0) is 65.5. The number of morpholine rings is 3. The highest BCUT2D eigenvalue weighted by atomic mass is 32.1. The van der Waals surface area contributed by atoms with Crippen molar-refractivity contribution in [3.05, 3.63) is 72.8 Å². The Bertz CT molecular complexity index is 3080. The second kappa shape index (κ2) is 32.5. The molecule has 0 N–H and O–H groups in total. The predicted octanol–water partition coefficient (Wildman–Crippen LogP) is 14.6. The lowest BCUT2D eigenvalue weighted by Crippen LogP contribution is -2.57. The Morgan fingerprint density at radius 3 is 1.09 bits per heavy atom. The van der Waals surface area contributed by atoms with E-state index in [9.17, 15) is 28.8 Å². The SMILES string of the molecule is C=CC[C@@H]1OC[C@@H](C2CCCCC2)N(c2cc(C#CC(C)(C)C)sc2C(=O)OC)C1=O.C=CC[C@H]1OC[C@@H](C2CCCCC2)N(c2cc(C#CC(C)(C)C)sc2C(=O)OC)C1=O.COC(=O)c1sc(C#CC(C)(C)C)cc1N1C(=O)COC[C@H]1C1CCCCC1. The second-order valence-electron chi connectivity index (χ2n) is 27.2. The van der Waals surface area contributed by atoms with Gasteiger partial charge in [0.2, 0.25) is 0 Å². The molecule has 0 radical (unpaired) electrons. The van der Waals surface area contributed by atoms with Crippen LogP contribution in [0.25, 0.3) is 0 Å². The maximum absolute atomic E-state index is 13.5.